The van der Waals surface area contributed by atoms with Gasteiger partial charge < -0.3 is 5.11 Å². The molecule has 1 unspecified atom stereocenters. The third-order valence-electron chi connectivity index (χ3n) is 2.43. The topological polar surface area (TPSA) is 87.0 Å². The molecule has 82 valence electrons. The van der Waals surface area contributed by atoms with Crippen LogP contribution in [0.3, 0.4) is 0 Å². The molecule has 1 aliphatic heterocycles. The number of amides is 2. The van der Waals surface area contributed by atoms with Crippen LogP contribution in [0.25, 0.3) is 0 Å². The number of aliphatic hydroxyl groups excluding tert-OH is 1. The Bertz CT molecular complexity index is 472. The average molecular weight is 220 g/mol. The molecular weight excluding hydrogens is 212 g/mol. The van der Waals surface area contributed by atoms with Gasteiger partial charge in [-0.3, -0.25) is 14.5 Å². The summed E-state index contributed by atoms with van der Waals surface area (Å²) in [5.41, 5.74) is 0.778. The Morgan fingerprint density at radius 1 is 1.44 bits per heavy atom. The maximum absolute atomic E-state index is 11.7. The van der Waals surface area contributed by atoms with Gasteiger partial charge in [0.05, 0.1) is 0 Å². The second kappa shape index (κ2) is 3.82. The summed E-state index contributed by atoms with van der Waals surface area (Å²) in [6, 6.07) is 6.49. The maximum atomic E-state index is 11.7. The van der Waals surface area contributed by atoms with E-state index in [2.05, 4.69) is 5.18 Å². The second-order valence-corrected chi connectivity index (χ2v) is 3.38. The highest BCUT2D eigenvalue weighted by molar-refractivity contribution is 6.00. The molecule has 0 bridgehead atoms. The first kappa shape index (κ1) is 10.4. The largest absolute Gasteiger partial charge is 0.369 e. The van der Waals surface area contributed by atoms with Crippen molar-refractivity contribution in [1.29, 1.82) is 0 Å². The van der Waals surface area contributed by atoms with Crippen LogP contribution in [0.1, 0.15) is 22.1 Å². The van der Waals surface area contributed by atoms with Crippen LogP contribution < -0.4 is 0 Å². The Balaban J connectivity index is 2.31. The van der Waals surface area contributed by atoms with E-state index in [4.69, 9.17) is 0 Å². The standard InChI is InChI=1S/C10H8N2O4/c13-8(11-16)5-12-9(14)6-3-1-2-4-7(6)10(12)15/h1-4,9,14H,5H2. The predicted molar refractivity (Wildman–Crippen MR) is 53.2 cm³/mol. The molecule has 6 heteroatoms. The molecule has 2 amide bonds. The number of carbonyl (C=O) groups is 2. The molecule has 0 fully saturated rings. The van der Waals surface area contributed by atoms with Crippen molar-refractivity contribution in [2.24, 2.45) is 5.18 Å². The fraction of sp³-hybridized carbons (Fsp3) is 0.200. The molecule has 0 aromatic heterocycles. The van der Waals surface area contributed by atoms with Crippen molar-refractivity contribution in [3.8, 4) is 0 Å². The van der Waals surface area contributed by atoms with E-state index in [0.29, 0.717) is 11.1 Å². The summed E-state index contributed by atoms with van der Waals surface area (Å²) in [6.45, 7) is -0.502. The summed E-state index contributed by atoms with van der Waals surface area (Å²) in [6.07, 6.45) is -1.19. The van der Waals surface area contributed by atoms with Gasteiger partial charge in [-0.2, -0.15) is 0 Å². The van der Waals surface area contributed by atoms with Crippen molar-refractivity contribution >= 4 is 11.8 Å². The van der Waals surface area contributed by atoms with Gasteiger partial charge in [0, 0.05) is 16.3 Å². The molecular formula is C10H8N2O4. The lowest BCUT2D eigenvalue weighted by molar-refractivity contribution is -0.120. The van der Waals surface area contributed by atoms with E-state index in [1.807, 2.05) is 0 Å². The zero-order valence-corrected chi connectivity index (χ0v) is 8.16. The van der Waals surface area contributed by atoms with E-state index in [0.717, 1.165) is 4.90 Å². The Labute approximate surface area is 90.5 Å². The van der Waals surface area contributed by atoms with Gasteiger partial charge in [0.1, 0.15) is 6.54 Å². The van der Waals surface area contributed by atoms with Crippen LogP contribution in [0.5, 0.6) is 0 Å². The molecule has 1 aliphatic rings. The molecule has 1 N–H and O–H groups in total. The molecule has 1 aromatic rings. The van der Waals surface area contributed by atoms with Crippen molar-refractivity contribution < 1.29 is 14.7 Å². The van der Waals surface area contributed by atoms with Crippen LogP contribution in [0.15, 0.2) is 29.4 Å². The van der Waals surface area contributed by atoms with Crippen LogP contribution in [-0.2, 0) is 4.79 Å². The average Bonchev–Trinajstić information content (AvgIpc) is 2.55. The highest BCUT2D eigenvalue weighted by Crippen LogP contribution is 2.30. The van der Waals surface area contributed by atoms with E-state index in [1.165, 1.54) is 0 Å². The second-order valence-electron chi connectivity index (χ2n) is 3.38. The third-order valence-corrected chi connectivity index (χ3v) is 2.43. The van der Waals surface area contributed by atoms with Gasteiger partial charge in [-0.25, -0.2) is 0 Å². The fourth-order valence-electron chi connectivity index (χ4n) is 1.68. The summed E-state index contributed by atoms with van der Waals surface area (Å²) in [7, 11) is 0. The van der Waals surface area contributed by atoms with E-state index in [9.17, 15) is 19.6 Å². The Morgan fingerprint density at radius 3 is 2.75 bits per heavy atom. The number of rotatable bonds is 2. The minimum atomic E-state index is -1.19. The number of nitroso groups, excluding NO2 is 1. The lowest BCUT2D eigenvalue weighted by atomic mass is 10.1. The van der Waals surface area contributed by atoms with Gasteiger partial charge in [0.2, 0.25) is 0 Å². The molecule has 0 spiro atoms. The number of aliphatic hydroxyl groups is 1. The monoisotopic (exact) mass is 220 g/mol. The lowest BCUT2D eigenvalue weighted by Gasteiger charge is -2.17. The maximum Gasteiger partial charge on any atom is 0.305 e. The van der Waals surface area contributed by atoms with E-state index < -0.39 is 24.6 Å². The van der Waals surface area contributed by atoms with Crippen molar-refractivity contribution in [3.63, 3.8) is 0 Å². The fourth-order valence-corrected chi connectivity index (χ4v) is 1.68. The molecule has 0 saturated heterocycles. The number of hydrogen-bond acceptors (Lipinski definition) is 4. The molecule has 2 rings (SSSR count). The number of benzene rings is 1. The smallest absolute Gasteiger partial charge is 0.305 e. The minimum Gasteiger partial charge on any atom is -0.369 e. The predicted octanol–water partition coefficient (Wildman–Crippen LogP) is 0.426. The molecule has 1 aromatic carbocycles. The van der Waals surface area contributed by atoms with Gasteiger partial charge in [0.15, 0.2) is 6.23 Å². The third kappa shape index (κ3) is 1.49. The molecule has 0 aliphatic carbocycles. The quantitative estimate of drug-likeness (QED) is 0.732. The van der Waals surface area contributed by atoms with Crippen molar-refractivity contribution in [2.45, 2.75) is 6.23 Å². The van der Waals surface area contributed by atoms with Gasteiger partial charge in [-0.05, 0) is 6.07 Å². The molecule has 0 radical (unpaired) electrons. The van der Waals surface area contributed by atoms with Crippen LogP contribution >= 0.6 is 0 Å². The van der Waals surface area contributed by atoms with Crippen LogP contribution in [-0.4, -0.2) is 28.4 Å². The Hall–Kier alpha value is -2.08. The molecule has 6 nitrogen and oxygen atoms in total. The van der Waals surface area contributed by atoms with Gasteiger partial charge in [-0.15, -0.1) is 4.91 Å². The summed E-state index contributed by atoms with van der Waals surface area (Å²) in [5.74, 6) is -1.46. The zero-order chi connectivity index (χ0) is 11.7. The summed E-state index contributed by atoms with van der Waals surface area (Å²) < 4.78 is 0. The molecule has 16 heavy (non-hydrogen) atoms. The normalized spacial score (nSPS) is 18.4. The van der Waals surface area contributed by atoms with E-state index in [-0.39, 0.29) is 0 Å². The number of fused-ring (bicyclic) bond motifs is 1. The summed E-state index contributed by atoms with van der Waals surface area (Å²) in [5, 5.41) is 12.0. The van der Waals surface area contributed by atoms with Crippen molar-refractivity contribution in [1.82, 2.24) is 4.90 Å². The van der Waals surface area contributed by atoms with Crippen LogP contribution in [0, 0.1) is 4.91 Å². The minimum absolute atomic E-state index is 0.341. The Morgan fingerprint density at radius 2 is 2.12 bits per heavy atom. The SMILES string of the molecule is O=NC(=O)CN1C(=O)c2ccccc2C1O. The number of carbonyl (C=O) groups excluding carboxylic acids is 2. The van der Waals surface area contributed by atoms with E-state index >= 15 is 0 Å². The van der Waals surface area contributed by atoms with Crippen molar-refractivity contribution in [2.75, 3.05) is 6.54 Å². The summed E-state index contributed by atoms with van der Waals surface area (Å²) >= 11 is 0. The number of hydrogen-bond donors (Lipinski definition) is 1. The Kier molecular flexibility index (Phi) is 2.49. The first-order valence-corrected chi connectivity index (χ1v) is 4.59. The highest BCUT2D eigenvalue weighted by atomic mass is 16.3. The van der Waals surface area contributed by atoms with E-state index in [1.54, 1.807) is 24.3 Å². The molecule has 1 heterocycles. The molecule has 0 saturated carbocycles. The first-order chi connectivity index (χ1) is 7.65. The zero-order valence-electron chi connectivity index (χ0n) is 8.16. The van der Waals surface area contributed by atoms with Crippen molar-refractivity contribution in [3.05, 3.63) is 40.3 Å². The molecule has 1 atom stereocenters. The van der Waals surface area contributed by atoms with Crippen LogP contribution in [0.2, 0.25) is 0 Å². The number of nitrogens with zero attached hydrogens (tertiary/aromatic N) is 2. The van der Waals surface area contributed by atoms with Crippen LogP contribution in [0.4, 0.5) is 0 Å². The lowest BCUT2D eigenvalue weighted by Crippen LogP contribution is -2.32. The first-order valence-electron chi connectivity index (χ1n) is 4.59. The highest BCUT2D eigenvalue weighted by Gasteiger charge is 2.36. The van der Waals surface area contributed by atoms with Gasteiger partial charge in [-0.1, -0.05) is 18.2 Å². The summed E-state index contributed by atoms with van der Waals surface area (Å²) in [4.78, 5) is 33.4. The van der Waals surface area contributed by atoms with Gasteiger partial charge >= 0.3 is 5.91 Å². The van der Waals surface area contributed by atoms with Gasteiger partial charge in [0.25, 0.3) is 5.91 Å².